The van der Waals surface area contributed by atoms with Crippen molar-refractivity contribution in [2.24, 2.45) is 0 Å². The predicted molar refractivity (Wildman–Crippen MR) is 112 cm³/mol. The van der Waals surface area contributed by atoms with Crippen molar-refractivity contribution in [1.82, 2.24) is 5.32 Å². The van der Waals surface area contributed by atoms with E-state index in [4.69, 9.17) is 4.74 Å². The fourth-order valence-electron chi connectivity index (χ4n) is 3.96. The molecular weight excluding hydrogens is 348 g/mol. The summed E-state index contributed by atoms with van der Waals surface area (Å²) in [6, 6.07) is 20.4. The minimum absolute atomic E-state index is 0.117. The van der Waals surface area contributed by atoms with E-state index in [-0.39, 0.29) is 5.91 Å². The summed E-state index contributed by atoms with van der Waals surface area (Å²) in [4.78, 5) is 14.4. The van der Waals surface area contributed by atoms with Gasteiger partial charge in [0.25, 0.3) is 5.91 Å². The molecule has 4 heteroatoms. The van der Waals surface area contributed by atoms with Gasteiger partial charge in [0.05, 0.1) is 25.8 Å². The largest absolute Gasteiger partial charge is 0.496 e. The second-order valence-electron chi connectivity index (χ2n) is 7.53. The van der Waals surface area contributed by atoms with Crippen molar-refractivity contribution >= 4 is 16.7 Å². The number of ether oxygens (including phenoxy) is 1. The normalized spacial score (nSPS) is 14.3. The van der Waals surface area contributed by atoms with Crippen LogP contribution >= 0.6 is 0 Å². The van der Waals surface area contributed by atoms with E-state index >= 15 is 0 Å². The van der Waals surface area contributed by atoms with Gasteiger partial charge in [-0.25, -0.2) is 0 Å². The molecule has 1 fully saturated rings. The van der Waals surface area contributed by atoms with E-state index in [0.29, 0.717) is 17.9 Å². The molecule has 3 aromatic rings. The lowest BCUT2D eigenvalue weighted by atomic mass is 10.1. The van der Waals surface area contributed by atoms with Gasteiger partial charge in [-0.1, -0.05) is 48.5 Å². The quantitative estimate of drug-likeness (QED) is 0.696. The van der Waals surface area contributed by atoms with Gasteiger partial charge in [0.2, 0.25) is 0 Å². The lowest BCUT2D eigenvalue weighted by molar-refractivity contribution is -0.901. The molecule has 1 aliphatic heterocycles. The highest BCUT2D eigenvalue weighted by Crippen LogP contribution is 2.26. The number of nitrogens with one attached hydrogen (secondary N) is 2. The van der Waals surface area contributed by atoms with Crippen LogP contribution < -0.4 is 15.0 Å². The second-order valence-corrected chi connectivity index (χ2v) is 7.53. The first-order valence-corrected chi connectivity index (χ1v) is 9.99. The number of hydrogen-bond donors (Lipinski definition) is 2. The van der Waals surface area contributed by atoms with Crippen LogP contribution in [0.4, 0.5) is 0 Å². The molecule has 1 saturated heterocycles. The fourth-order valence-corrected chi connectivity index (χ4v) is 3.96. The van der Waals surface area contributed by atoms with Crippen molar-refractivity contribution < 1.29 is 14.4 Å². The van der Waals surface area contributed by atoms with Crippen molar-refractivity contribution in [3.63, 3.8) is 0 Å². The number of amides is 1. The molecule has 0 radical (unpaired) electrons. The predicted octanol–water partition coefficient (Wildman–Crippen LogP) is 2.96. The zero-order chi connectivity index (χ0) is 19.3. The summed E-state index contributed by atoms with van der Waals surface area (Å²) in [5.41, 5.74) is 3.03. The Kier molecular flexibility index (Phi) is 5.58. The van der Waals surface area contributed by atoms with Gasteiger partial charge in [-0.3, -0.25) is 4.79 Å². The third-order valence-electron chi connectivity index (χ3n) is 5.55. The third-order valence-corrected chi connectivity index (χ3v) is 5.55. The van der Waals surface area contributed by atoms with Crippen molar-refractivity contribution in [3.8, 4) is 5.75 Å². The number of carbonyl (C=O) groups excluding carboxylic acids is 1. The Hall–Kier alpha value is -2.85. The Morgan fingerprint density at radius 2 is 1.61 bits per heavy atom. The molecule has 1 aliphatic rings. The van der Waals surface area contributed by atoms with Gasteiger partial charge in [-0.15, -0.1) is 0 Å². The highest BCUT2D eigenvalue weighted by Gasteiger charge is 2.16. The highest BCUT2D eigenvalue weighted by molar-refractivity contribution is 6.01. The van der Waals surface area contributed by atoms with Crippen LogP contribution in [0, 0.1) is 0 Å². The molecule has 28 heavy (non-hydrogen) atoms. The summed E-state index contributed by atoms with van der Waals surface area (Å²) in [7, 11) is 1.60. The number of hydrogen-bond acceptors (Lipinski definition) is 2. The maximum Gasteiger partial charge on any atom is 0.255 e. The Morgan fingerprint density at radius 1 is 0.964 bits per heavy atom. The van der Waals surface area contributed by atoms with Crippen LogP contribution in [0.3, 0.4) is 0 Å². The SMILES string of the molecule is COc1cc2ccccc2cc1C(=O)NCc1ccc(C[NH+]2CCCC2)cc1. The maximum absolute atomic E-state index is 12.7. The van der Waals surface area contributed by atoms with Gasteiger partial charge in [-0.05, 0) is 28.5 Å². The number of rotatable bonds is 6. The highest BCUT2D eigenvalue weighted by atomic mass is 16.5. The summed E-state index contributed by atoms with van der Waals surface area (Å²) < 4.78 is 5.44. The molecule has 0 bridgehead atoms. The summed E-state index contributed by atoms with van der Waals surface area (Å²) in [5.74, 6) is 0.480. The Labute approximate surface area is 166 Å². The van der Waals surface area contributed by atoms with Crippen LogP contribution in [0.2, 0.25) is 0 Å². The van der Waals surface area contributed by atoms with Crippen LogP contribution in [0.15, 0.2) is 60.7 Å². The van der Waals surface area contributed by atoms with Gasteiger partial charge >= 0.3 is 0 Å². The summed E-state index contributed by atoms with van der Waals surface area (Å²) >= 11 is 0. The Morgan fingerprint density at radius 3 is 2.29 bits per heavy atom. The lowest BCUT2D eigenvalue weighted by Gasteiger charge is -2.13. The molecule has 0 unspecified atom stereocenters. The van der Waals surface area contributed by atoms with Crippen molar-refractivity contribution in [2.45, 2.75) is 25.9 Å². The van der Waals surface area contributed by atoms with Crippen molar-refractivity contribution in [3.05, 3.63) is 77.4 Å². The van der Waals surface area contributed by atoms with Crippen LogP contribution in [0.25, 0.3) is 10.8 Å². The summed E-state index contributed by atoms with van der Waals surface area (Å²) in [6.07, 6.45) is 2.69. The van der Waals surface area contributed by atoms with E-state index in [0.717, 1.165) is 22.9 Å². The van der Waals surface area contributed by atoms with Gasteiger partial charge in [0.15, 0.2) is 0 Å². The Balaban J connectivity index is 1.41. The van der Waals surface area contributed by atoms with Crippen molar-refractivity contribution in [1.29, 1.82) is 0 Å². The second kappa shape index (κ2) is 8.44. The lowest BCUT2D eigenvalue weighted by Crippen LogP contribution is -3.08. The van der Waals surface area contributed by atoms with E-state index in [1.54, 1.807) is 12.0 Å². The maximum atomic E-state index is 12.7. The number of benzene rings is 3. The monoisotopic (exact) mass is 375 g/mol. The van der Waals surface area contributed by atoms with E-state index in [1.165, 1.54) is 31.5 Å². The van der Waals surface area contributed by atoms with Crippen LogP contribution in [-0.2, 0) is 13.1 Å². The average molecular weight is 375 g/mol. The van der Waals surface area contributed by atoms with Gasteiger partial charge < -0.3 is 15.0 Å². The molecule has 4 rings (SSSR count). The minimum Gasteiger partial charge on any atom is -0.496 e. The number of fused-ring (bicyclic) bond motifs is 1. The van der Waals surface area contributed by atoms with E-state index in [2.05, 4.69) is 29.6 Å². The molecule has 1 amide bonds. The zero-order valence-corrected chi connectivity index (χ0v) is 16.3. The van der Waals surface area contributed by atoms with Gasteiger partial charge in [0.1, 0.15) is 12.3 Å². The van der Waals surface area contributed by atoms with Gasteiger partial charge in [-0.2, -0.15) is 0 Å². The van der Waals surface area contributed by atoms with E-state index in [9.17, 15) is 4.79 Å². The topological polar surface area (TPSA) is 42.8 Å². The van der Waals surface area contributed by atoms with Crippen LogP contribution in [0.1, 0.15) is 34.3 Å². The first-order chi connectivity index (χ1) is 13.7. The molecule has 0 aliphatic carbocycles. The molecule has 2 N–H and O–H groups in total. The molecule has 3 aromatic carbocycles. The smallest absolute Gasteiger partial charge is 0.255 e. The first-order valence-electron chi connectivity index (χ1n) is 9.99. The minimum atomic E-state index is -0.117. The fraction of sp³-hybridized carbons (Fsp3) is 0.292. The van der Waals surface area contributed by atoms with Crippen LogP contribution in [-0.4, -0.2) is 26.1 Å². The molecule has 0 aromatic heterocycles. The first kappa shape index (κ1) is 18.5. The Bertz CT molecular complexity index is 960. The van der Waals surface area contributed by atoms with Gasteiger partial charge in [0, 0.05) is 24.9 Å². The molecular formula is C24H27N2O2+. The van der Waals surface area contributed by atoms with Crippen molar-refractivity contribution in [2.75, 3.05) is 20.2 Å². The number of likely N-dealkylation sites (tertiary alicyclic amines) is 1. The van der Waals surface area contributed by atoms with E-state index in [1.807, 2.05) is 36.4 Å². The molecule has 1 heterocycles. The number of quaternary nitrogens is 1. The zero-order valence-electron chi connectivity index (χ0n) is 16.3. The molecule has 0 spiro atoms. The van der Waals surface area contributed by atoms with Crippen LogP contribution in [0.5, 0.6) is 5.75 Å². The average Bonchev–Trinajstić information content (AvgIpc) is 3.25. The molecule has 4 nitrogen and oxygen atoms in total. The summed E-state index contributed by atoms with van der Waals surface area (Å²) in [6.45, 7) is 4.17. The molecule has 0 saturated carbocycles. The number of carbonyl (C=O) groups is 1. The summed E-state index contributed by atoms with van der Waals surface area (Å²) in [5, 5.41) is 5.11. The molecule has 0 atom stereocenters. The molecule has 144 valence electrons. The number of methoxy groups -OCH3 is 1. The standard InChI is InChI=1S/C24H26N2O2/c1-28-23-15-21-7-3-2-6-20(21)14-22(23)24(27)25-16-18-8-10-19(11-9-18)17-26-12-4-5-13-26/h2-3,6-11,14-15H,4-5,12-13,16-17H2,1H3,(H,25,27)/p+1. The van der Waals surface area contributed by atoms with E-state index < -0.39 is 0 Å². The third kappa shape index (κ3) is 4.18.